The second-order valence-corrected chi connectivity index (χ2v) is 4.65. The third-order valence-electron chi connectivity index (χ3n) is 2.77. The van der Waals surface area contributed by atoms with Gasteiger partial charge in [0.2, 0.25) is 5.28 Å². The highest BCUT2D eigenvalue weighted by Gasteiger charge is 2.06. The summed E-state index contributed by atoms with van der Waals surface area (Å²) in [6.45, 7) is 1.97. The van der Waals surface area contributed by atoms with Gasteiger partial charge in [0.25, 0.3) is 0 Å². The van der Waals surface area contributed by atoms with Crippen LogP contribution in [0.2, 0.25) is 5.28 Å². The van der Waals surface area contributed by atoms with Crippen molar-refractivity contribution >= 4 is 17.2 Å². The van der Waals surface area contributed by atoms with E-state index in [9.17, 15) is 0 Å². The lowest BCUT2D eigenvalue weighted by atomic mass is 10.1. The van der Waals surface area contributed by atoms with Crippen LogP contribution in [0.3, 0.4) is 0 Å². The molecule has 0 saturated carbocycles. The zero-order chi connectivity index (χ0) is 15.1. The van der Waals surface area contributed by atoms with Gasteiger partial charge < -0.3 is 0 Å². The van der Waals surface area contributed by atoms with Gasteiger partial charge in [0.1, 0.15) is 0 Å². The first-order valence-corrected chi connectivity index (χ1v) is 6.78. The minimum Gasteiger partial charge on any atom is -0.218 e. The van der Waals surface area contributed by atoms with Crippen LogP contribution >= 0.6 is 11.6 Å². The SMILES string of the molecule is C#CC/C=C\C=C(/C)c1cc(-c2cc#ccc2)nc(Cl)n1. The Morgan fingerprint density at radius 1 is 1.43 bits per heavy atom. The largest absolute Gasteiger partial charge is 0.223 e. The fourth-order valence-electron chi connectivity index (χ4n) is 1.71. The van der Waals surface area contributed by atoms with Gasteiger partial charge in [0.05, 0.1) is 11.4 Å². The Balaban J connectivity index is 2.34. The molecule has 0 amide bonds. The summed E-state index contributed by atoms with van der Waals surface area (Å²) in [6, 6.07) is 13.2. The molecule has 0 saturated heterocycles. The second kappa shape index (κ2) is 7.29. The van der Waals surface area contributed by atoms with E-state index in [0.717, 1.165) is 22.5 Å². The molecular formula is C18H13ClN2. The Kier molecular flexibility index (Phi) is 5.16. The summed E-state index contributed by atoms with van der Waals surface area (Å²) in [5.74, 6) is 2.55. The maximum atomic E-state index is 6.02. The highest BCUT2D eigenvalue weighted by Crippen LogP contribution is 2.21. The highest BCUT2D eigenvalue weighted by atomic mass is 35.5. The molecule has 0 unspecified atom stereocenters. The van der Waals surface area contributed by atoms with Crippen molar-refractivity contribution in [1.82, 2.24) is 9.97 Å². The third kappa shape index (κ3) is 4.21. The Morgan fingerprint density at radius 2 is 2.29 bits per heavy atom. The van der Waals surface area contributed by atoms with E-state index in [-0.39, 0.29) is 5.28 Å². The maximum Gasteiger partial charge on any atom is 0.223 e. The van der Waals surface area contributed by atoms with Crippen molar-refractivity contribution in [2.24, 2.45) is 0 Å². The zero-order valence-electron chi connectivity index (χ0n) is 11.6. The van der Waals surface area contributed by atoms with Crippen molar-refractivity contribution in [3.8, 4) is 23.6 Å². The van der Waals surface area contributed by atoms with Gasteiger partial charge in [-0.2, -0.15) is 0 Å². The molecule has 3 heteroatoms. The van der Waals surface area contributed by atoms with E-state index in [1.165, 1.54) is 0 Å². The van der Waals surface area contributed by atoms with Gasteiger partial charge in [-0.1, -0.05) is 30.4 Å². The van der Waals surface area contributed by atoms with Crippen LogP contribution in [0.15, 0.2) is 42.5 Å². The summed E-state index contributed by atoms with van der Waals surface area (Å²) >= 11 is 6.02. The highest BCUT2D eigenvalue weighted by molar-refractivity contribution is 6.28. The number of aromatic nitrogens is 2. The molecule has 1 heterocycles. The van der Waals surface area contributed by atoms with Gasteiger partial charge in [0, 0.05) is 12.0 Å². The number of nitrogens with zero attached hydrogens (tertiary/aromatic N) is 2. The molecule has 0 aliphatic rings. The van der Waals surface area contributed by atoms with Crippen molar-refractivity contribution in [3.05, 3.63) is 65.6 Å². The number of terminal acetylenes is 1. The molecule has 0 bridgehead atoms. The predicted octanol–water partition coefficient (Wildman–Crippen LogP) is 4.38. The van der Waals surface area contributed by atoms with E-state index in [2.05, 4.69) is 28.0 Å². The monoisotopic (exact) mass is 292 g/mol. The van der Waals surface area contributed by atoms with Crippen molar-refractivity contribution in [1.29, 1.82) is 0 Å². The van der Waals surface area contributed by atoms with Crippen LogP contribution in [0.25, 0.3) is 16.8 Å². The number of allylic oxidation sites excluding steroid dienone is 4. The lowest BCUT2D eigenvalue weighted by Crippen LogP contribution is -1.93. The molecule has 2 nitrogen and oxygen atoms in total. The number of hydrogen-bond donors (Lipinski definition) is 0. The van der Waals surface area contributed by atoms with E-state index in [1.54, 1.807) is 6.07 Å². The Labute approximate surface area is 130 Å². The van der Waals surface area contributed by atoms with E-state index < -0.39 is 0 Å². The zero-order valence-corrected chi connectivity index (χ0v) is 12.4. The number of halogens is 1. The van der Waals surface area contributed by atoms with Crippen LogP contribution in [-0.4, -0.2) is 9.97 Å². The summed E-state index contributed by atoms with van der Waals surface area (Å²) in [6.07, 6.45) is 11.6. The maximum absolute atomic E-state index is 6.02. The topological polar surface area (TPSA) is 25.8 Å². The fourth-order valence-corrected chi connectivity index (χ4v) is 1.89. The molecule has 0 spiro atoms. The van der Waals surface area contributed by atoms with Gasteiger partial charge in [-0.3, -0.25) is 0 Å². The minimum absolute atomic E-state index is 0.218. The first-order valence-electron chi connectivity index (χ1n) is 6.40. The lowest BCUT2D eigenvalue weighted by Gasteiger charge is -2.04. The molecule has 0 radical (unpaired) electrons. The van der Waals surface area contributed by atoms with Gasteiger partial charge >= 0.3 is 0 Å². The molecule has 2 rings (SSSR count). The molecular weight excluding hydrogens is 280 g/mol. The van der Waals surface area contributed by atoms with Crippen LogP contribution in [-0.2, 0) is 0 Å². The molecule has 0 aliphatic carbocycles. The van der Waals surface area contributed by atoms with Crippen molar-refractivity contribution in [3.63, 3.8) is 0 Å². The standard InChI is InChI=1S/C18H13ClN2/c1-3-4-5-7-10-14(2)16-13-17(21-18(19)20-16)15-11-8-6-9-12-15/h1,5,7-8,10-13H,4H2,2H3/b7-5-,14-10+. The van der Waals surface area contributed by atoms with Gasteiger partial charge in [-0.05, 0) is 48.4 Å². The summed E-state index contributed by atoms with van der Waals surface area (Å²) < 4.78 is 0. The van der Waals surface area contributed by atoms with Crippen LogP contribution < -0.4 is 0 Å². The summed E-state index contributed by atoms with van der Waals surface area (Å²) in [5.41, 5.74) is 3.45. The van der Waals surface area contributed by atoms with Gasteiger partial charge in [0.15, 0.2) is 0 Å². The summed E-state index contributed by atoms with van der Waals surface area (Å²) in [5, 5.41) is 0.218. The molecule has 102 valence electrons. The predicted molar refractivity (Wildman–Crippen MR) is 86.4 cm³/mol. The van der Waals surface area contributed by atoms with Crippen LogP contribution in [0.1, 0.15) is 19.0 Å². The van der Waals surface area contributed by atoms with E-state index >= 15 is 0 Å². The van der Waals surface area contributed by atoms with Crippen LogP contribution in [0, 0.1) is 24.5 Å². The molecule has 0 fully saturated rings. The Hall–Kier alpha value is -2.55. The van der Waals surface area contributed by atoms with Crippen molar-refractivity contribution < 1.29 is 0 Å². The molecule has 2 aromatic rings. The van der Waals surface area contributed by atoms with Crippen molar-refractivity contribution in [2.75, 3.05) is 0 Å². The molecule has 0 atom stereocenters. The smallest absolute Gasteiger partial charge is 0.218 e. The van der Waals surface area contributed by atoms with Crippen molar-refractivity contribution in [2.45, 2.75) is 13.3 Å². The van der Waals surface area contributed by atoms with Gasteiger partial charge in [-0.25, -0.2) is 9.97 Å². The molecule has 21 heavy (non-hydrogen) atoms. The van der Waals surface area contributed by atoms with E-state index in [4.69, 9.17) is 18.0 Å². The second-order valence-electron chi connectivity index (χ2n) is 4.32. The molecule has 0 N–H and O–H groups in total. The summed E-state index contributed by atoms with van der Waals surface area (Å²) in [7, 11) is 0. The van der Waals surface area contributed by atoms with E-state index in [1.807, 2.05) is 43.4 Å². The minimum atomic E-state index is 0.218. The normalized spacial score (nSPS) is 11.2. The first kappa shape index (κ1) is 14.9. The van der Waals surface area contributed by atoms with Gasteiger partial charge in [-0.15, -0.1) is 12.3 Å². The third-order valence-corrected chi connectivity index (χ3v) is 2.94. The molecule has 1 aromatic heterocycles. The lowest BCUT2D eigenvalue weighted by molar-refractivity contribution is 1.14. The quantitative estimate of drug-likeness (QED) is 0.475. The van der Waals surface area contributed by atoms with E-state index in [0.29, 0.717) is 6.42 Å². The first-order chi connectivity index (χ1) is 10.2. The number of rotatable bonds is 4. The molecule has 1 aromatic carbocycles. The average molecular weight is 293 g/mol. The van der Waals surface area contributed by atoms with Crippen LogP contribution in [0.5, 0.6) is 0 Å². The number of hydrogen-bond acceptors (Lipinski definition) is 2. The Bertz CT molecular complexity index is 710. The fraction of sp³-hybridized carbons (Fsp3) is 0.111. The molecule has 0 aliphatic heterocycles. The van der Waals surface area contributed by atoms with Crippen LogP contribution in [0.4, 0.5) is 0 Å². The Morgan fingerprint density at radius 3 is 3.00 bits per heavy atom. The summed E-state index contributed by atoms with van der Waals surface area (Å²) in [4.78, 5) is 8.50. The average Bonchev–Trinajstić information content (AvgIpc) is 2.51.